The van der Waals surface area contributed by atoms with E-state index in [-0.39, 0.29) is 6.04 Å². The van der Waals surface area contributed by atoms with Crippen molar-refractivity contribution >= 4 is 0 Å². The van der Waals surface area contributed by atoms with Gasteiger partial charge in [-0.05, 0) is 32.3 Å². The standard InChI is InChI=1S/C13H21NO/c1-3-15-10-13(14)8-7-12-6-4-5-11(2)9-12/h4-6,9,13H,3,7-8,10,14H2,1-2H3. The molecule has 1 rings (SSSR count). The van der Waals surface area contributed by atoms with Crippen molar-refractivity contribution in [3.05, 3.63) is 35.4 Å². The molecule has 84 valence electrons. The molecule has 0 amide bonds. The molecular formula is C13H21NO. The summed E-state index contributed by atoms with van der Waals surface area (Å²) in [5.41, 5.74) is 8.59. The molecule has 0 radical (unpaired) electrons. The maximum absolute atomic E-state index is 5.92. The Hall–Kier alpha value is -0.860. The Labute approximate surface area is 92.4 Å². The average Bonchev–Trinajstić information content (AvgIpc) is 2.23. The van der Waals surface area contributed by atoms with Crippen LogP contribution in [0.25, 0.3) is 0 Å². The van der Waals surface area contributed by atoms with Crippen LogP contribution in [0.1, 0.15) is 24.5 Å². The number of hydrogen-bond acceptors (Lipinski definition) is 2. The molecule has 2 N–H and O–H groups in total. The third-order valence-corrected chi connectivity index (χ3v) is 2.42. The summed E-state index contributed by atoms with van der Waals surface area (Å²) in [5.74, 6) is 0. The maximum Gasteiger partial charge on any atom is 0.0617 e. The van der Waals surface area contributed by atoms with Gasteiger partial charge >= 0.3 is 0 Å². The number of rotatable bonds is 6. The molecule has 1 atom stereocenters. The fourth-order valence-corrected chi connectivity index (χ4v) is 1.57. The minimum atomic E-state index is 0.158. The zero-order valence-electron chi connectivity index (χ0n) is 9.70. The van der Waals surface area contributed by atoms with Crippen LogP contribution in [0.3, 0.4) is 0 Å². The summed E-state index contributed by atoms with van der Waals surface area (Å²) in [5, 5.41) is 0. The molecule has 0 bridgehead atoms. The highest BCUT2D eigenvalue weighted by Gasteiger charge is 2.02. The molecule has 2 nitrogen and oxygen atoms in total. The van der Waals surface area contributed by atoms with E-state index in [0.29, 0.717) is 6.61 Å². The molecule has 1 aromatic rings. The number of nitrogens with two attached hydrogens (primary N) is 1. The molecule has 0 aliphatic carbocycles. The predicted octanol–water partition coefficient (Wildman–Crippen LogP) is 2.29. The molecule has 0 aromatic heterocycles. The molecular weight excluding hydrogens is 186 g/mol. The van der Waals surface area contributed by atoms with E-state index in [1.807, 2.05) is 6.92 Å². The lowest BCUT2D eigenvalue weighted by molar-refractivity contribution is 0.131. The van der Waals surface area contributed by atoms with Gasteiger partial charge in [-0.1, -0.05) is 29.8 Å². The third kappa shape index (κ3) is 4.96. The Morgan fingerprint density at radius 3 is 2.87 bits per heavy atom. The van der Waals surface area contributed by atoms with Crippen molar-refractivity contribution in [2.24, 2.45) is 5.73 Å². The first-order chi connectivity index (χ1) is 7.22. The topological polar surface area (TPSA) is 35.2 Å². The molecule has 0 saturated carbocycles. The van der Waals surface area contributed by atoms with Gasteiger partial charge in [0.05, 0.1) is 6.61 Å². The highest BCUT2D eigenvalue weighted by molar-refractivity contribution is 5.22. The van der Waals surface area contributed by atoms with Crippen LogP contribution in [-0.2, 0) is 11.2 Å². The molecule has 0 fully saturated rings. The quantitative estimate of drug-likeness (QED) is 0.776. The predicted molar refractivity (Wildman–Crippen MR) is 64.0 cm³/mol. The van der Waals surface area contributed by atoms with Crippen LogP contribution >= 0.6 is 0 Å². The minimum Gasteiger partial charge on any atom is -0.380 e. The molecule has 0 heterocycles. The van der Waals surface area contributed by atoms with E-state index in [1.54, 1.807) is 0 Å². The first kappa shape index (κ1) is 12.2. The van der Waals surface area contributed by atoms with E-state index in [2.05, 4.69) is 31.2 Å². The lowest BCUT2D eigenvalue weighted by atomic mass is 10.0. The Bertz CT molecular complexity index is 286. The molecule has 0 saturated heterocycles. The van der Waals surface area contributed by atoms with Gasteiger partial charge in [0.1, 0.15) is 0 Å². The van der Waals surface area contributed by atoms with E-state index in [0.717, 1.165) is 19.4 Å². The molecule has 15 heavy (non-hydrogen) atoms. The average molecular weight is 207 g/mol. The van der Waals surface area contributed by atoms with Gasteiger partial charge in [-0.15, -0.1) is 0 Å². The Morgan fingerprint density at radius 1 is 1.40 bits per heavy atom. The first-order valence-corrected chi connectivity index (χ1v) is 5.61. The van der Waals surface area contributed by atoms with E-state index in [1.165, 1.54) is 11.1 Å². The van der Waals surface area contributed by atoms with Gasteiger partial charge in [0.25, 0.3) is 0 Å². The Kier molecular flexibility index (Phi) is 5.37. The van der Waals surface area contributed by atoms with Crippen LogP contribution in [0.4, 0.5) is 0 Å². The summed E-state index contributed by atoms with van der Waals surface area (Å²) in [4.78, 5) is 0. The lowest BCUT2D eigenvalue weighted by Gasteiger charge is -2.11. The summed E-state index contributed by atoms with van der Waals surface area (Å²) in [6.45, 7) is 5.53. The second-order valence-corrected chi connectivity index (χ2v) is 3.95. The van der Waals surface area contributed by atoms with Gasteiger partial charge in [-0.25, -0.2) is 0 Å². The van der Waals surface area contributed by atoms with Crippen LogP contribution in [0, 0.1) is 6.92 Å². The fourth-order valence-electron chi connectivity index (χ4n) is 1.57. The van der Waals surface area contributed by atoms with Crippen LogP contribution in [0.15, 0.2) is 24.3 Å². The van der Waals surface area contributed by atoms with Gasteiger partial charge in [-0.2, -0.15) is 0 Å². The molecule has 2 heteroatoms. The Morgan fingerprint density at radius 2 is 2.20 bits per heavy atom. The van der Waals surface area contributed by atoms with Crippen molar-refractivity contribution in [3.8, 4) is 0 Å². The third-order valence-electron chi connectivity index (χ3n) is 2.42. The van der Waals surface area contributed by atoms with E-state index in [4.69, 9.17) is 10.5 Å². The summed E-state index contributed by atoms with van der Waals surface area (Å²) in [6, 6.07) is 8.74. The van der Waals surface area contributed by atoms with Crippen molar-refractivity contribution in [1.82, 2.24) is 0 Å². The second kappa shape index (κ2) is 6.59. The van der Waals surface area contributed by atoms with E-state index in [9.17, 15) is 0 Å². The molecule has 0 aliphatic heterocycles. The number of ether oxygens (including phenoxy) is 1. The monoisotopic (exact) mass is 207 g/mol. The zero-order valence-corrected chi connectivity index (χ0v) is 9.70. The maximum atomic E-state index is 5.92. The van der Waals surface area contributed by atoms with Crippen molar-refractivity contribution in [2.45, 2.75) is 32.7 Å². The van der Waals surface area contributed by atoms with Crippen molar-refractivity contribution in [1.29, 1.82) is 0 Å². The number of aryl methyl sites for hydroxylation is 2. The van der Waals surface area contributed by atoms with Crippen LogP contribution in [0.2, 0.25) is 0 Å². The van der Waals surface area contributed by atoms with Crippen molar-refractivity contribution in [3.63, 3.8) is 0 Å². The first-order valence-electron chi connectivity index (χ1n) is 5.61. The van der Waals surface area contributed by atoms with Gasteiger partial charge in [0, 0.05) is 12.6 Å². The highest BCUT2D eigenvalue weighted by atomic mass is 16.5. The molecule has 0 aliphatic rings. The normalized spacial score (nSPS) is 12.7. The van der Waals surface area contributed by atoms with Gasteiger partial charge in [0.15, 0.2) is 0 Å². The van der Waals surface area contributed by atoms with E-state index < -0.39 is 0 Å². The van der Waals surface area contributed by atoms with E-state index >= 15 is 0 Å². The van der Waals surface area contributed by atoms with Crippen molar-refractivity contribution in [2.75, 3.05) is 13.2 Å². The van der Waals surface area contributed by atoms with Gasteiger partial charge in [-0.3, -0.25) is 0 Å². The fraction of sp³-hybridized carbons (Fsp3) is 0.538. The number of hydrogen-bond donors (Lipinski definition) is 1. The van der Waals surface area contributed by atoms with Crippen LogP contribution in [-0.4, -0.2) is 19.3 Å². The molecule has 0 spiro atoms. The minimum absolute atomic E-state index is 0.158. The summed E-state index contributed by atoms with van der Waals surface area (Å²) < 4.78 is 5.28. The highest BCUT2D eigenvalue weighted by Crippen LogP contribution is 2.07. The zero-order chi connectivity index (χ0) is 11.1. The SMILES string of the molecule is CCOCC(N)CCc1cccc(C)c1. The smallest absolute Gasteiger partial charge is 0.0617 e. The van der Waals surface area contributed by atoms with Crippen LogP contribution in [0.5, 0.6) is 0 Å². The van der Waals surface area contributed by atoms with Gasteiger partial charge in [0.2, 0.25) is 0 Å². The molecule has 1 unspecified atom stereocenters. The second-order valence-electron chi connectivity index (χ2n) is 3.95. The largest absolute Gasteiger partial charge is 0.380 e. The number of benzene rings is 1. The van der Waals surface area contributed by atoms with Crippen molar-refractivity contribution < 1.29 is 4.74 Å². The summed E-state index contributed by atoms with van der Waals surface area (Å²) in [7, 11) is 0. The van der Waals surface area contributed by atoms with Gasteiger partial charge < -0.3 is 10.5 Å². The summed E-state index contributed by atoms with van der Waals surface area (Å²) in [6.07, 6.45) is 2.03. The lowest BCUT2D eigenvalue weighted by Crippen LogP contribution is -2.26. The molecule has 1 aromatic carbocycles. The van der Waals surface area contributed by atoms with Crippen LogP contribution < -0.4 is 5.73 Å². The Balaban J connectivity index is 2.30. The summed E-state index contributed by atoms with van der Waals surface area (Å²) >= 11 is 0.